The number of rotatable bonds is 2. The van der Waals surface area contributed by atoms with Gasteiger partial charge in [0, 0.05) is 31.7 Å². The Balaban J connectivity index is 1.63. The second kappa shape index (κ2) is 6.55. The molecule has 0 aromatic carbocycles. The molecule has 1 saturated carbocycles. The van der Waals surface area contributed by atoms with Crippen LogP contribution in [0.25, 0.3) is 0 Å². The first-order valence-electron chi connectivity index (χ1n) is 8.56. The zero-order chi connectivity index (χ0) is 13.1. The summed E-state index contributed by atoms with van der Waals surface area (Å²) >= 11 is 0. The van der Waals surface area contributed by atoms with Crippen LogP contribution >= 0.6 is 0 Å². The molecule has 0 aromatic heterocycles. The molecule has 2 heterocycles. The Morgan fingerprint density at radius 3 is 2.47 bits per heavy atom. The number of nitrogens with zero attached hydrogens (tertiary/aromatic N) is 2. The van der Waals surface area contributed by atoms with Crippen LogP contribution in [-0.4, -0.2) is 54.6 Å². The van der Waals surface area contributed by atoms with E-state index in [4.69, 9.17) is 5.73 Å². The van der Waals surface area contributed by atoms with E-state index in [-0.39, 0.29) is 0 Å². The quantitative estimate of drug-likeness (QED) is 0.776. The molecule has 3 rings (SSSR count). The summed E-state index contributed by atoms with van der Waals surface area (Å²) in [5.74, 6) is 0.762. The van der Waals surface area contributed by atoms with Gasteiger partial charge in [-0.05, 0) is 44.7 Å². The van der Waals surface area contributed by atoms with E-state index in [1.165, 1.54) is 77.5 Å². The molecule has 0 amide bonds. The van der Waals surface area contributed by atoms with Gasteiger partial charge in [-0.15, -0.1) is 0 Å². The highest BCUT2D eigenvalue weighted by atomic mass is 15.3. The molecular weight excluding hydrogens is 234 g/mol. The molecule has 2 N–H and O–H groups in total. The molecular formula is C16H31N3. The Morgan fingerprint density at radius 1 is 0.789 bits per heavy atom. The van der Waals surface area contributed by atoms with Gasteiger partial charge in [-0.25, -0.2) is 0 Å². The molecule has 3 aliphatic rings. The molecule has 1 aliphatic carbocycles. The molecule has 2 aliphatic heterocycles. The fraction of sp³-hybridized carbons (Fsp3) is 1.00. The number of nitrogens with two attached hydrogens (primary N) is 1. The maximum absolute atomic E-state index is 6.06. The van der Waals surface area contributed by atoms with Crippen molar-refractivity contribution in [3.05, 3.63) is 0 Å². The third kappa shape index (κ3) is 3.14. The molecule has 0 radical (unpaired) electrons. The van der Waals surface area contributed by atoms with E-state index in [2.05, 4.69) is 9.80 Å². The summed E-state index contributed by atoms with van der Waals surface area (Å²) in [5.41, 5.74) is 6.06. The number of piperidine rings is 1. The van der Waals surface area contributed by atoms with Crippen molar-refractivity contribution in [2.75, 3.05) is 32.7 Å². The Labute approximate surface area is 118 Å². The molecule has 3 fully saturated rings. The lowest BCUT2D eigenvalue weighted by atomic mass is 9.91. The summed E-state index contributed by atoms with van der Waals surface area (Å²) in [6, 6.07) is 1.64. The van der Waals surface area contributed by atoms with Gasteiger partial charge in [0.1, 0.15) is 0 Å². The zero-order valence-corrected chi connectivity index (χ0v) is 12.4. The van der Waals surface area contributed by atoms with Crippen LogP contribution in [0.4, 0.5) is 0 Å². The lowest BCUT2D eigenvalue weighted by molar-refractivity contribution is 0.0113. The van der Waals surface area contributed by atoms with Crippen molar-refractivity contribution in [1.82, 2.24) is 9.80 Å². The second-order valence-corrected chi connectivity index (χ2v) is 6.88. The number of fused-ring (bicyclic) bond motifs is 1. The molecule has 3 heteroatoms. The van der Waals surface area contributed by atoms with Gasteiger partial charge in [-0.2, -0.15) is 0 Å². The molecule has 110 valence electrons. The van der Waals surface area contributed by atoms with Crippen LogP contribution in [0.15, 0.2) is 0 Å². The summed E-state index contributed by atoms with van der Waals surface area (Å²) in [4.78, 5) is 5.56. The fourth-order valence-electron chi connectivity index (χ4n) is 4.60. The Bertz CT molecular complexity index is 281. The topological polar surface area (TPSA) is 32.5 Å². The van der Waals surface area contributed by atoms with Crippen molar-refractivity contribution in [3.8, 4) is 0 Å². The van der Waals surface area contributed by atoms with Crippen LogP contribution in [-0.2, 0) is 0 Å². The van der Waals surface area contributed by atoms with Gasteiger partial charge in [0.25, 0.3) is 0 Å². The average Bonchev–Trinajstić information content (AvgIpc) is 2.72. The van der Waals surface area contributed by atoms with Crippen LogP contribution in [0.1, 0.15) is 51.4 Å². The summed E-state index contributed by atoms with van der Waals surface area (Å²) < 4.78 is 0. The lowest BCUT2D eigenvalue weighted by Crippen LogP contribution is -2.58. The maximum Gasteiger partial charge on any atom is 0.0223 e. The predicted octanol–water partition coefficient (Wildman–Crippen LogP) is 2.06. The van der Waals surface area contributed by atoms with Crippen LogP contribution in [0.2, 0.25) is 0 Å². The highest BCUT2D eigenvalue weighted by Crippen LogP contribution is 2.30. The summed E-state index contributed by atoms with van der Waals surface area (Å²) in [6.07, 6.45) is 11.3. The van der Waals surface area contributed by atoms with E-state index in [1.54, 1.807) is 0 Å². The van der Waals surface area contributed by atoms with Crippen LogP contribution in [0.3, 0.4) is 0 Å². The number of hydrogen-bond donors (Lipinski definition) is 1. The van der Waals surface area contributed by atoms with Gasteiger partial charge in [0.05, 0.1) is 0 Å². The van der Waals surface area contributed by atoms with Crippen molar-refractivity contribution in [3.63, 3.8) is 0 Å². The largest absolute Gasteiger partial charge is 0.330 e. The van der Waals surface area contributed by atoms with Crippen molar-refractivity contribution in [2.45, 2.75) is 63.5 Å². The molecule has 3 nitrogen and oxygen atoms in total. The summed E-state index contributed by atoms with van der Waals surface area (Å²) in [5, 5.41) is 0. The molecule has 3 atom stereocenters. The fourth-order valence-corrected chi connectivity index (χ4v) is 4.60. The van der Waals surface area contributed by atoms with E-state index >= 15 is 0 Å². The highest BCUT2D eigenvalue weighted by molar-refractivity contribution is 4.91. The van der Waals surface area contributed by atoms with E-state index in [9.17, 15) is 0 Å². The second-order valence-electron chi connectivity index (χ2n) is 6.88. The molecule has 3 unspecified atom stereocenters. The maximum atomic E-state index is 6.06. The third-order valence-electron chi connectivity index (χ3n) is 5.76. The van der Waals surface area contributed by atoms with E-state index in [0.29, 0.717) is 0 Å². The Hall–Kier alpha value is -0.120. The Morgan fingerprint density at radius 2 is 1.58 bits per heavy atom. The monoisotopic (exact) mass is 265 g/mol. The van der Waals surface area contributed by atoms with Crippen molar-refractivity contribution >= 4 is 0 Å². The molecule has 0 aromatic rings. The van der Waals surface area contributed by atoms with Gasteiger partial charge in [0.2, 0.25) is 0 Å². The van der Waals surface area contributed by atoms with Crippen LogP contribution < -0.4 is 5.73 Å². The van der Waals surface area contributed by atoms with Gasteiger partial charge in [-0.3, -0.25) is 9.80 Å². The van der Waals surface area contributed by atoms with E-state index in [1.807, 2.05) is 0 Å². The Kier molecular flexibility index (Phi) is 4.78. The van der Waals surface area contributed by atoms with Gasteiger partial charge >= 0.3 is 0 Å². The minimum Gasteiger partial charge on any atom is -0.330 e. The van der Waals surface area contributed by atoms with Crippen LogP contribution in [0, 0.1) is 5.92 Å². The average molecular weight is 265 g/mol. The molecule has 19 heavy (non-hydrogen) atoms. The van der Waals surface area contributed by atoms with Gasteiger partial charge in [0.15, 0.2) is 0 Å². The third-order valence-corrected chi connectivity index (χ3v) is 5.76. The normalized spacial score (nSPS) is 38.7. The minimum absolute atomic E-state index is 0.762. The van der Waals surface area contributed by atoms with Crippen LogP contribution in [0.5, 0.6) is 0 Å². The molecule has 2 saturated heterocycles. The first-order chi connectivity index (χ1) is 9.38. The minimum atomic E-state index is 0.762. The van der Waals surface area contributed by atoms with E-state index < -0.39 is 0 Å². The van der Waals surface area contributed by atoms with Gasteiger partial charge in [-0.1, -0.05) is 25.7 Å². The summed E-state index contributed by atoms with van der Waals surface area (Å²) in [7, 11) is 0. The van der Waals surface area contributed by atoms with Gasteiger partial charge < -0.3 is 5.73 Å². The summed E-state index contributed by atoms with van der Waals surface area (Å²) in [6.45, 7) is 6.16. The smallest absolute Gasteiger partial charge is 0.0223 e. The highest BCUT2D eigenvalue weighted by Gasteiger charge is 2.35. The zero-order valence-electron chi connectivity index (χ0n) is 12.4. The van der Waals surface area contributed by atoms with Crippen molar-refractivity contribution < 1.29 is 0 Å². The SMILES string of the molecule is NCC1CCCCCC1N1CCN2CCCCC2C1. The van der Waals surface area contributed by atoms with Crippen molar-refractivity contribution in [2.24, 2.45) is 11.7 Å². The lowest BCUT2D eigenvalue weighted by Gasteiger charge is -2.48. The molecule has 0 bridgehead atoms. The van der Waals surface area contributed by atoms with Crippen molar-refractivity contribution in [1.29, 1.82) is 0 Å². The first kappa shape index (κ1) is 13.8. The first-order valence-corrected chi connectivity index (χ1v) is 8.56. The number of hydrogen-bond acceptors (Lipinski definition) is 3. The predicted molar refractivity (Wildman–Crippen MR) is 80.2 cm³/mol. The van der Waals surface area contributed by atoms with E-state index in [0.717, 1.165) is 24.5 Å². The number of piperazine rings is 1. The standard InChI is InChI=1S/C16H31N3/c17-12-14-6-2-1-3-8-16(14)19-11-10-18-9-5-4-7-15(18)13-19/h14-16H,1-13,17H2. The molecule has 0 spiro atoms.